The largest absolute Gasteiger partial charge is 0.345 e. The van der Waals surface area contributed by atoms with E-state index in [4.69, 9.17) is 0 Å². The summed E-state index contributed by atoms with van der Waals surface area (Å²) in [5, 5.41) is 2.53. The number of hydrogen-bond acceptors (Lipinski definition) is 3. The number of hydrogen-bond donors (Lipinski definition) is 3. The third-order valence-corrected chi connectivity index (χ3v) is 3.33. The summed E-state index contributed by atoms with van der Waals surface area (Å²) >= 11 is 3.30. The zero-order valence-corrected chi connectivity index (χ0v) is 12.4. The predicted octanol–water partition coefficient (Wildman–Crippen LogP) is 0.797. The van der Waals surface area contributed by atoms with E-state index in [1.807, 2.05) is 0 Å². The Morgan fingerprint density at radius 1 is 1.15 bits per heavy atom. The third kappa shape index (κ3) is 3.80. The Balaban J connectivity index is 1.87. The van der Waals surface area contributed by atoms with Gasteiger partial charge >= 0.3 is 11.8 Å². The minimum atomic E-state index is -0.875. The van der Waals surface area contributed by atoms with Gasteiger partial charge in [0.1, 0.15) is 0 Å². The van der Waals surface area contributed by atoms with E-state index in [0.29, 0.717) is 5.56 Å². The SMILES string of the molecule is Cc1cc(Br)ccc1C(=O)NNC(=O)C(=O)NC1CC1. The van der Waals surface area contributed by atoms with Gasteiger partial charge in [0, 0.05) is 16.1 Å². The van der Waals surface area contributed by atoms with Crippen LogP contribution in [0.15, 0.2) is 22.7 Å². The van der Waals surface area contributed by atoms with Crippen LogP contribution in [0.2, 0.25) is 0 Å². The number of benzene rings is 1. The average molecular weight is 340 g/mol. The Morgan fingerprint density at radius 2 is 1.85 bits per heavy atom. The Bertz CT molecular complexity index is 570. The van der Waals surface area contributed by atoms with Gasteiger partial charge in [-0.2, -0.15) is 0 Å². The molecule has 0 radical (unpaired) electrons. The van der Waals surface area contributed by atoms with Crippen molar-refractivity contribution in [1.29, 1.82) is 0 Å². The van der Waals surface area contributed by atoms with Crippen LogP contribution in [0.25, 0.3) is 0 Å². The van der Waals surface area contributed by atoms with Crippen LogP contribution in [0.5, 0.6) is 0 Å². The van der Waals surface area contributed by atoms with E-state index in [0.717, 1.165) is 22.9 Å². The molecule has 0 spiro atoms. The fourth-order valence-corrected chi connectivity index (χ4v) is 2.07. The average Bonchev–Trinajstić information content (AvgIpc) is 3.19. The Hall–Kier alpha value is -1.89. The molecule has 0 bridgehead atoms. The highest BCUT2D eigenvalue weighted by molar-refractivity contribution is 9.10. The van der Waals surface area contributed by atoms with Crippen molar-refractivity contribution < 1.29 is 14.4 Å². The number of carbonyl (C=O) groups excluding carboxylic acids is 3. The second-order valence-corrected chi connectivity index (χ2v) is 5.53. The Labute approximate surface area is 124 Å². The highest BCUT2D eigenvalue weighted by atomic mass is 79.9. The lowest BCUT2D eigenvalue weighted by atomic mass is 10.1. The predicted molar refractivity (Wildman–Crippen MR) is 75.7 cm³/mol. The number of rotatable bonds is 2. The maximum atomic E-state index is 11.9. The molecule has 0 aromatic heterocycles. The summed E-state index contributed by atoms with van der Waals surface area (Å²) in [6.45, 7) is 1.78. The molecule has 0 aliphatic heterocycles. The molecule has 3 amide bonds. The summed E-state index contributed by atoms with van der Waals surface area (Å²) < 4.78 is 0.861. The second-order valence-electron chi connectivity index (χ2n) is 4.62. The van der Waals surface area contributed by atoms with Crippen LogP contribution in [0.3, 0.4) is 0 Å². The number of carbonyl (C=O) groups is 3. The van der Waals surface area contributed by atoms with E-state index in [9.17, 15) is 14.4 Å². The molecular weight excluding hydrogens is 326 g/mol. The maximum absolute atomic E-state index is 11.9. The Morgan fingerprint density at radius 3 is 2.45 bits per heavy atom. The highest BCUT2D eigenvalue weighted by Gasteiger charge is 2.26. The van der Waals surface area contributed by atoms with Crippen molar-refractivity contribution in [2.75, 3.05) is 0 Å². The molecule has 1 aliphatic rings. The van der Waals surface area contributed by atoms with E-state index < -0.39 is 17.7 Å². The number of nitrogens with one attached hydrogen (secondary N) is 3. The number of halogens is 1. The summed E-state index contributed by atoms with van der Waals surface area (Å²) in [6, 6.07) is 5.24. The zero-order chi connectivity index (χ0) is 14.7. The van der Waals surface area contributed by atoms with Gasteiger partial charge in [0.15, 0.2) is 0 Å². The van der Waals surface area contributed by atoms with Gasteiger partial charge < -0.3 is 5.32 Å². The van der Waals surface area contributed by atoms with Crippen LogP contribution in [0, 0.1) is 6.92 Å². The first-order valence-corrected chi connectivity index (χ1v) is 6.94. The summed E-state index contributed by atoms with van der Waals surface area (Å²) in [7, 11) is 0. The fourth-order valence-electron chi connectivity index (χ4n) is 1.60. The van der Waals surface area contributed by atoms with Crippen molar-refractivity contribution in [2.45, 2.75) is 25.8 Å². The number of amides is 3. The molecule has 0 saturated heterocycles. The first-order valence-electron chi connectivity index (χ1n) is 6.14. The maximum Gasteiger partial charge on any atom is 0.327 e. The summed E-state index contributed by atoms with van der Waals surface area (Å²) in [5.41, 5.74) is 5.50. The van der Waals surface area contributed by atoms with Crippen LogP contribution >= 0.6 is 15.9 Å². The molecule has 1 aromatic carbocycles. The van der Waals surface area contributed by atoms with Crippen LogP contribution in [0.1, 0.15) is 28.8 Å². The van der Waals surface area contributed by atoms with Crippen LogP contribution in [0.4, 0.5) is 0 Å². The monoisotopic (exact) mass is 339 g/mol. The van der Waals surface area contributed by atoms with Crippen molar-refractivity contribution in [3.63, 3.8) is 0 Å². The van der Waals surface area contributed by atoms with E-state index in [2.05, 4.69) is 32.1 Å². The van der Waals surface area contributed by atoms with Gasteiger partial charge in [-0.15, -0.1) is 0 Å². The molecule has 7 heteroatoms. The molecule has 106 valence electrons. The molecule has 1 saturated carbocycles. The normalized spacial score (nSPS) is 13.5. The molecule has 2 rings (SSSR count). The van der Waals surface area contributed by atoms with E-state index in [1.165, 1.54) is 0 Å². The lowest BCUT2D eigenvalue weighted by Gasteiger charge is -2.09. The van der Waals surface area contributed by atoms with Crippen LogP contribution in [-0.2, 0) is 9.59 Å². The molecule has 1 aliphatic carbocycles. The number of hydrazine groups is 1. The third-order valence-electron chi connectivity index (χ3n) is 2.84. The minimum Gasteiger partial charge on any atom is -0.345 e. The first-order chi connectivity index (χ1) is 9.47. The zero-order valence-electron chi connectivity index (χ0n) is 10.8. The van der Waals surface area contributed by atoms with Gasteiger partial charge in [-0.1, -0.05) is 15.9 Å². The molecule has 6 nitrogen and oxygen atoms in total. The Kier molecular flexibility index (Phi) is 4.39. The van der Waals surface area contributed by atoms with Crippen LogP contribution in [-0.4, -0.2) is 23.8 Å². The highest BCUT2D eigenvalue weighted by Crippen LogP contribution is 2.18. The number of aryl methyl sites for hydroxylation is 1. The molecule has 3 N–H and O–H groups in total. The van der Waals surface area contributed by atoms with Gasteiger partial charge in [0.25, 0.3) is 5.91 Å². The topological polar surface area (TPSA) is 87.3 Å². The smallest absolute Gasteiger partial charge is 0.327 e. The molecule has 0 atom stereocenters. The molecular formula is C13H14BrN3O3. The van der Waals surface area contributed by atoms with Crippen LogP contribution < -0.4 is 16.2 Å². The minimum absolute atomic E-state index is 0.0951. The lowest BCUT2D eigenvalue weighted by molar-refractivity contribution is -0.139. The van der Waals surface area contributed by atoms with Gasteiger partial charge in [-0.25, -0.2) is 0 Å². The van der Waals surface area contributed by atoms with Crippen molar-refractivity contribution in [2.24, 2.45) is 0 Å². The van der Waals surface area contributed by atoms with Crippen molar-refractivity contribution in [1.82, 2.24) is 16.2 Å². The van der Waals surface area contributed by atoms with Gasteiger partial charge in [0.05, 0.1) is 0 Å². The van der Waals surface area contributed by atoms with Gasteiger partial charge in [-0.05, 0) is 43.5 Å². The lowest BCUT2D eigenvalue weighted by Crippen LogP contribution is -2.49. The van der Waals surface area contributed by atoms with Gasteiger partial charge in [-0.3, -0.25) is 25.2 Å². The quantitative estimate of drug-likeness (QED) is 0.550. The standard InChI is InChI=1S/C13H14BrN3O3/c1-7-6-8(14)2-5-10(7)11(18)16-17-13(20)12(19)15-9-3-4-9/h2,5-6,9H,3-4H2,1H3,(H,15,19)(H,16,18)(H,17,20). The van der Waals surface area contributed by atoms with Crippen molar-refractivity contribution in [3.05, 3.63) is 33.8 Å². The van der Waals surface area contributed by atoms with Crippen molar-refractivity contribution >= 4 is 33.7 Å². The molecule has 1 fully saturated rings. The molecule has 1 aromatic rings. The summed E-state index contributed by atoms with van der Waals surface area (Å²) in [6.07, 6.45) is 1.78. The van der Waals surface area contributed by atoms with E-state index in [1.54, 1.807) is 25.1 Å². The van der Waals surface area contributed by atoms with E-state index in [-0.39, 0.29) is 6.04 Å². The first kappa shape index (κ1) is 14.5. The summed E-state index contributed by atoms with van der Waals surface area (Å²) in [4.78, 5) is 34.7. The fraction of sp³-hybridized carbons (Fsp3) is 0.308. The van der Waals surface area contributed by atoms with Gasteiger partial charge in [0.2, 0.25) is 0 Å². The van der Waals surface area contributed by atoms with Crippen molar-refractivity contribution in [3.8, 4) is 0 Å². The molecule has 20 heavy (non-hydrogen) atoms. The summed E-state index contributed by atoms with van der Waals surface area (Å²) in [5.74, 6) is -2.08. The second kappa shape index (κ2) is 6.04. The van der Waals surface area contributed by atoms with E-state index >= 15 is 0 Å². The molecule has 0 heterocycles. The molecule has 0 unspecified atom stereocenters.